The summed E-state index contributed by atoms with van der Waals surface area (Å²) in [7, 11) is 0. The van der Waals surface area contributed by atoms with Crippen LogP contribution in [0.15, 0.2) is 36.4 Å². The Labute approximate surface area is 137 Å². The Kier molecular flexibility index (Phi) is 5.67. The minimum atomic E-state index is 0.0576. The second-order valence-corrected chi connectivity index (χ2v) is 6.77. The SMILES string of the molecule is Cc1ccc(NC(=O)CSCc2cc(C)ccc2C)c(C)c1. The number of hydrogen-bond acceptors (Lipinski definition) is 2. The molecule has 116 valence electrons. The lowest BCUT2D eigenvalue weighted by Gasteiger charge is -2.10. The van der Waals surface area contributed by atoms with Crippen LogP contribution < -0.4 is 5.32 Å². The largest absolute Gasteiger partial charge is 0.325 e. The molecule has 1 amide bonds. The number of carbonyl (C=O) groups excluding carboxylic acids is 1. The molecule has 2 nitrogen and oxygen atoms in total. The molecule has 0 bridgehead atoms. The van der Waals surface area contributed by atoms with Crippen molar-refractivity contribution in [2.45, 2.75) is 33.4 Å². The summed E-state index contributed by atoms with van der Waals surface area (Å²) in [6, 6.07) is 12.5. The van der Waals surface area contributed by atoms with Gasteiger partial charge in [-0.25, -0.2) is 0 Å². The number of nitrogens with one attached hydrogen (secondary N) is 1. The number of anilines is 1. The number of amides is 1. The molecule has 0 aromatic heterocycles. The predicted octanol–water partition coefficient (Wildman–Crippen LogP) is 4.79. The van der Waals surface area contributed by atoms with Gasteiger partial charge in [0.05, 0.1) is 5.75 Å². The van der Waals surface area contributed by atoms with E-state index in [1.807, 2.05) is 19.1 Å². The first-order chi connectivity index (χ1) is 10.5. The summed E-state index contributed by atoms with van der Waals surface area (Å²) in [6.45, 7) is 8.29. The van der Waals surface area contributed by atoms with E-state index in [2.05, 4.69) is 50.4 Å². The van der Waals surface area contributed by atoms with Crippen molar-refractivity contribution in [3.8, 4) is 0 Å². The van der Waals surface area contributed by atoms with Gasteiger partial charge < -0.3 is 5.32 Å². The van der Waals surface area contributed by atoms with Gasteiger partial charge in [0.1, 0.15) is 0 Å². The maximum absolute atomic E-state index is 12.1. The number of carbonyl (C=O) groups is 1. The Morgan fingerprint density at radius 3 is 2.36 bits per heavy atom. The van der Waals surface area contributed by atoms with Crippen molar-refractivity contribution in [3.05, 3.63) is 64.2 Å². The molecule has 1 N–H and O–H groups in total. The molecule has 0 spiro atoms. The van der Waals surface area contributed by atoms with Gasteiger partial charge in [0, 0.05) is 11.4 Å². The van der Waals surface area contributed by atoms with E-state index in [0.29, 0.717) is 5.75 Å². The van der Waals surface area contributed by atoms with Crippen molar-refractivity contribution in [1.82, 2.24) is 0 Å². The highest BCUT2D eigenvalue weighted by molar-refractivity contribution is 7.99. The zero-order valence-electron chi connectivity index (χ0n) is 13.7. The smallest absolute Gasteiger partial charge is 0.234 e. The molecule has 2 aromatic rings. The van der Waals surface area contributed by atoms with E-state index in [1.54, 1.807) is 11.8 Å². The van der Waals surface area contributed by atoms with Crippen LogP contribution in [0.3, 0.4) is 0 Å². The van der Waals surface area contributed by atoms with E-state index in [-0.39, 0.29) is 5.91 Å². The van der Waals surface area contributed by atoms with Gasteiger partial charge in [0.15, 0.2) is 0 Å². The van der Waals surface area contributed by atoms with E-state index < -0.39 is 0 Å². The molecule has 3 heteroatoms. The molecule has 0 atom stereocenters. The summed E-state index contributed by atoms with van der Waals surface area (Å²) >= 11 is 1.65. The minimum absolute atomic E-state index is 0.0576. The minimum Gasteiger partial charge on any atom is -0.325 e. The Morgan fingerprint density at radius 1 is 0.955 bits per heavy atom. The third-order valence-corrected chi connectivity index (χ3v) is 4.63. The first-order valence-electron chi connectivity index (χ1n) is 7.46. The first-order valence-corrected chi connectivity index (χ1v) is 8.62. The number of hydrogen-bond donors (Lipinski definition) is 1. The lowest BCUT2D eigenvalue weighted by atomic mass is 10.1. The summed E-state index contributed by atoms with van der Waals surface area (Å²) in [5, 5.41) is 2.99. The Bertz CT molecular complexity index is 679. The number of thioether (sulfide) groups is 1. The average molecular weight is 313 g/mol. The van der Waals surface area contributed by atoms with E-state index in [9.17, 15) is 4.79 Å². The molecule has 0 heterocycles. The summed E-state index contributed by atoms with van der Waals surface area (Å²) in [4.78, 5) is 12.1. The van der Waals surface area contributed by atoms with Gasteiger partial charge in [-0.15, -0.1) is 11.8 Å². The Balaban J connectivity index is 1.86. The number of rotatable bonds is 5. The molecule has 0 aliphatic carbocycles. The standard InChI is InChI=1S/C19H23NOS/c1-13-6-8-18(16(4)9-13)20-19(21)12-22-11-17-10-14(2)5-7-15(17)3/h5-10H,11-12H2,1-4H3,(H,20,21). The Hall–Kier alpha value is -1.74. The number of benzene rings is 2. The van der Waals surface area contributed by atoms with Crippen LogP contribution in [0.4, 0.5) is 5.69 Å². The van der Waals surface area contributed by atoms with E-state index in [0.717, 1.165) is 17.0 Å². The summed E-state index contributed by atoms with van der Waals surface area (Å²) in [5.41, 5.74) is 7.08. The number of aryl methyl sites for hydroxylation is 4. The molecule has 2 aromatic carbocycles. The molecule has 0 aliphatic heterocycles. The van der Waals surface area contributed by atoms with Crippen LogP contribution in [0.25, 0.3) is 0 Å². The quantitative estimate of drug-likeness (QED) is 0.859. The monoisotopic (exact) mass is 313 g/mol. The Morgan fingerprint density at radius 2 is 1.64 bits per heavy atom. The van der Waals surface area contributed by atoms with Crippen LogP contribution in [-0.2, 0) is 10.5 Å². The zero-order valence-corrected chi connectivity index (χ0v) is 14.5. The van der Waals surface area contributed by atoms with Gasteiger partial charge in [-0.3, -0.25) is 4.79 Å². The van der Waals surface area contributed by atoms with Crippen LogP contribution in [0.2, 0.25) is 0 Å². The topological polar surface area (TPSA) is 29.1 Å². The average Bonchev–Trinajstić information content (AvgIpc) is 2.46. The van der Waals surface area contributed by atoms with Crippen molar-refractivity contribution >= 4 is 23.4 Å². The van der Waals surface area contributed by atoms with Crippen LogP contribution in [0.1, 0.15) is 27.8 Å². The van der Waals surface area contributed by atoms with Crippen LogP contribution in [0.5, 0.6) is 0 Å². The van der Waals surface area contributed by atoms with Gasteiger partial charge >= 0.3 is 0 Å². The van der Waals surface area contributed by atoms with Gasteiger partial charge in [0.25, 0.3) is 0 Å². The van der Waals surface area contributed by atoms with Crippen LogP contribution in [-0.4, -0.2) is 11.7 Å². The molecular weight excluding hydrogens is 290 g/mol. The van der Waals surface area contributed by atoms with Crippen LogP contribution in [0, 0.1) is 27.7 Å². The fourth-order valence-electron chi connectivity index (χ4n) is 2.35. The third kappa shape index (κ3) is 4.63. The molecule has 0 unspecified atom stereocenters. The summed E-state index contributed by atoms with van der Waals surface area (Å²) < 4.78 is 0. The van der Waals surface area contributed by atoms with Crippen molar-refractivity contribution in [2.24, 2.45) is 0 Å². The molecule has 2 rings (SSSR count). The maximum Gasteiger partial charge on any atom is 0.234 e. The van der Waals surface area contributed by atoms with Crippen LogP contribution >= 0.6 is 11.8 Å². The highest BCUT2D eigenvalue weighted by Gasteiger charge is 2.06. The van der Waals surface area contributed by atoms with E-state index in [4.69, 9.17) is 0 Å². The molecular formula is C19H23NOS. The second kappa shape index (κ2) is 7.50. The second-order valence-electron chi connectivity index (χ2n) is 5.79. The normalized spacial score (nSPS) is 10.5. The van der Waals surface area contributed by atoms with Gasteiger partial charge in [0.2, 0.25) is 5.91 Å². The first kappa shape index (κ1) is 16.6. The molecule has 0 aliphatic rings. The van der Waals surface area contributed by atoms with Gasteiger partial charge in [-0.2, -0.15) is 0 Å². The summed E-state index contributed by atoms with van der Waals surface area (Å²) in [6.07, 6.45) is 0. The zero-order chi connectivity index (χ0) is 16.1. The molecule has 0 saturated carbocycles. The predicted molar refractivity (Wildman–Crippen MR) is 96.6 cm³/mol. The van der Waals surface area contributed by atoms with Crippen molar-refractivity contribution in [1.29, 1.82) is 0 Å². The van der Waals surface area contributed by atoms with E-state index in [1.165, 1.54) is 22.3 Å². The van der Waals surface area contributed by atoms with Crippen molar-refractivity contribution in [3.63, 3.8) is 0 Å². The molecule has 0 fully saturated rings. The third-order valence-electron chi connectivity index (χ3n) is 3.65. The molecule has 0 radical (unpaired) electrons. The molecule has 0 saturated heterocycles. The van der Waals surface area contributed by atoms with Crippen molar-refractivity contribution in [2.75, 3.05) is 11.1 Å². The highest BCUT2D eigenvalue weighted by atomic mass is 32.2. The fraction of sp³-hybridized carbons (Fsp3) is 0.316. The summed E-state index contributed by atoms with van der Waals surface area (Å²) in [5.74, 6) is 1.40. The molecule has 22 heavy (non-hydrogen) atoms. The highest BCUT2D eigenvalue weighted by Crippen LogP contribution is 2.19. The fourth-order valence-corrected chi connectivity index (χ4v) is 3.24. The van der Waals surface area contributed by atoms with Gasteiger partial charge in [-0.05, 0) is 50.5 Å². The van der Waals surface area contributed by atoms with E-state index >= 15 is 0 Å². The van der Waals surface area contributed by atoms with Gasteiger partial charge in [-0.1, -0.05) is 41.5 Å². The maximum atomic E-state index is 12.1. The van der Waals surface area contributed by atoms with Crippen molar-refractivity contribution < 1.29 is 4.79 Å². The lowest BCUT2D eigenvalue weighted by molar-refractivity contribution is -0.113. The lowest BCUT2D eigenvalue weighted by Crippen LogP contribution is -2.15.